The number of quaternary nitrogens is 1. The molecule has 0 saturated carbocycles. The molecule has 2 atom stereocenters. The molecule has 0 aromatic rings. The van der Waals surface area contributed by atoms with Gasteiger partial charge in [0.2, 0.25) is 5.91 Å². The van der Waals surface area contributed by atoms with E-state index in [2.05, 4.69) is 37.5 Å². The summed E-state index contributed by atoms with van der Waals surface area (Å²) in [4.78, 5) is 15.9. The monoisotopic (exact) mass is 364 g/mol. The maximum atomic E-state index is 11.1. The summed E-state index contributed by atoms with van der Waals surface area (Å²) in [5.74, 6) is 0.0669. The first kappa shape index (κ1) is 22.9. The average molecular weight is 365 g/mol. The molecule has 4 nitrogen and oxygen atoms in total. The van der Waals surface area contributed by atoms with Gasteiger partial charge in [0, 0.05) is 13.3 Å². The number of likely N-dealkylation sites (N-methyl/N-ethyl adjacent to an activating group) is 1. The van der Waals surface area contributed by atoms with Gasteiger partial charge in [-0.25, -0.2) is 4.99 Å². The summed E-state index contributed by atoms with van der Waals surface area (Å²) in [6.07, 6.45) is 20.2. The first-order valence-electron chi connectivity index (χ1n) is 10.9. The lowest BCUT2D eigenvalue weighted by molar-refractivity contribution is -0.935. The predicted octanol–water partition coefficient (Wildman–Crippen LogP) is 4.85. The minimum absolute atomic E-state index is 0.0669. The van der Waals surface area contributed by atoms with Crippen molar-refractivity contribution in [1.82, 2.24) is 5.32 Å². The smallest absolute Gasteiger partial charge is 0.217 e. The molecule has 150 valence electrons. The molecule has 1 aliphatic rings. The first-order chi connectivity index (χ1) is 12.6. The van der Waals surface area contributed by atoms with Gasteiger partial charge in [0.1, 0.15) is 6.54 Å². The van der Waals surface area contributed by atoms with Crippen LogP contribution in [0.25, 0.3) is 0 Å². The molecular weight excluding hydrogens is 322 g/mol. The average Bonchev–Trinajstić information content (AvgIpc) is 3.02. The standard InChI is InChI=1S/C22H41N3O/c1-4-6-7-8-9-10-11-12-13-14-15-16-22-24-18-20-25(22,5-2)19-17-23-21(3)26/h6-7,18,22H,4-5,8-17,19-20H2,1-3H3/p+1/b7-6+. The highest BCUT2D eigenvalue weighted by Crippen LogP contribution is 2.24. The molecule has 26 heavy (non-hydrogen) atoms. The number of nitrogens with zero attached hydrogens (tertiary/aromatic N) is 2. The van der Waals surface area contributed by atoms with Crippen LogP contribution in [0.2, 0.25) is 0 Å². The van der Waals surface area contributed by atoms with Gasteiger partial charge in [-0.15, -0.1) is 0 Å². The third-order valence-corrected chi connectivity index (χ3v) is 5.65. The number of carbonyl (C=O) groups is 1. The van der Waals surface area contributed by atoms with Crippen molar-refractivity contribution in [2.75, 3.05) is 26.2 Å². The lowest BCUT2D eigenvalue weighted by atomic mass is 10.1. The third kappa shape index (κ3) is 8.98. The third-order valence-electron chi connectivity index (χ3n) is 5.65. The Balaban J connectivity index is 2.12. The Labute approximate surface area is 161 Å². The van der Waals surface area contributed by atoms with Gasteiger partial charge >= 0.3 is 0 Å². The molecule has 1 heterocycles. The van der Waals surface area contributed by atoms with E-state index in [9.17, 15) is 4.79 Å². The Morgan fingerprint density at radius 3 is 2.46 bits per heavy atom. The fourth-order valence-electron chi connectivity index (χ4n) is 3.89. The molecule has 0 fully saturated rings. The van der Waals surface area contributed by atoms with Crippen LogP contribution in [0.4, 0.5) is 0 Å². The largest absolute Gasteiger partial charge is 0.351 e. The molecule has 0 spiro atoms. The van der Waals surface area contributed by atoms with Crippen LogP contribution < -0.4 is 5.32 Å². The Hall–Kier alpha value is -1.16. The van der Waals surface area contributed by atoms with Gasteiger partial charge in [0.15, 0.2) is 6.17 Å². The summed E-state index contributed by atoms with van der Waals surface area (Å²) in [6, 6.07) is 0. The minimum Gasteiger partial charge on any atom is -0.351 e. The van der Waals surface area contributed by atoms with E-state index in [4.69, 9.17) is 4.99 Å². The number of rotatable bonds is 15. The molecule has 0 radical (unpaired) electrons. The highest BCUT2D eigenvalue weighted by Gasteiger charge is 2.37. The Kier molecular flexibility index (Phi) is 12.3. The van der Waals surface area contributed by atoms with Crippen molar-refractivity contribution in [2.45, 2.75) is 91.1 Å². The summed E-state index contributed by atoms with van der Waals surface area (Å²) in [7, 11) is 0. The zero-order valence-corrected chi connectivity index (χ0v) is 17.5. The number of hydrogen-bond donors (Lipinski definition) is 1. The van der Waals surface area contributed by atoms with Gasteiger partial charge in [0.25, 0.3) is 0 Å². The molecule has 0 aliphatic carbocycles. The molecule has 1 amide bonds. The van der Waals surface area contributed by atoms with Crippen molar-refractivity contribution in [2.24, 2.45) is 4.99 Å². The van der Waals surface area contributed by atoms with E-state index in [0.717, 1.165) is 37.1 Å². The predicted molar refractivity (Wildman–Crippen MR) is 112 cm³/mol. The van der Waals surface area contributed by atoms with Crippen LogP contribution in [0.5, 0.6) is 0 Å². The van der Waals surface area contributed by atoms with Crippen LogP contribution >= 0.6 is 0 Å². The molecule has 0 bridgehead atoms. The molecule has 1 aliphatic heterocycles. The second-order valence-corrected chi connectivity index (χ2v) is 7.67. The number of aliphatic imine (C=N–C) groups is 1. The van der Waals surface area contributed by atoms with E-state index in [-0.39, 0.29) is 5.91 Å². The maximum Gasteiger partial charge on any atom is 0.217 e. The molecule has 0 saturated heterocycles. The second-order valence-electron chi connectivity index (χ2n) is 7.67. The van der Waals surface area contributed by atoms with Gasteiger partial charge in [-0.3, -0.25) is 9.28 Å². The summed E-state index contributed by atoms with van der Waals surface area (Å²) in [5, 5.41) is 2.95. The van der Waals surface area contributed by atoms with Crippen molar-refractivity contribution >= 4 is 12.1 Å². The highest BCUT2D eigenvalue weighted by molar-refractivity contribution is 5.72. The summed E-state index contributed by atoms with van der Waals surface area (Å²) in [5.41, 5.74) is 0. The van der Waals surface area contributed by atoms with Crippen LogP contribution in [0.3, 0.4) is 0 Å². The molecule has 0 aromatic heterocycles. The summed E-state index contributed by atoms with van der Waals surface area (Å²) < 4.78 is 1.02. The zero-order valence-electron chi connectivity index (χ0n) is 17.5. The molecule has 0 aromatic carbocycles. The number of amides is 1. The molecular formula is C22H42N3O+. The zero-order chi connectivity index (χ0) is 19.1. The lowest BCUT2D eigenvalue weighted by Crippen LogP contribution is -2.55. The van der Waals surface area contributed by atoms with Crippen LogP contribution in [-0.2, 0) is 4.79 Å². The normalized spacial score (nSPS) is 22.3. The molecule has 1 rings (SSSR count). The van der Waals surface area contributed by atoms with E-state index in [0.29, 0.717) is 6.17 Å². The van der Waals surface area contributed by atoms with E-state index < -0.39 is 0 Å². The van der Waals surface area contributed by atoms with Crippen molar-refractivity contribution in [3.05, 3.63) is 12.2 Å². The number of nitrogens with one attached hydrogen (secondary N) is 1. The van der Waals surface area contributed by atoms with Gasteiger partial charge in [-0.1, -0.05) is 51.2 Å². The van der Waals surface area contributed by atoms with Crippen LogP contribution in [0.15, 0.2) is 17.1 Å². The summed E-state index contributed by atoms with van der Waals surface area (Å²) in [6.45, 7) is 9.91. The number of hydrogen-bond acceptors (Lipinski definition) is 2. The molecule has 4 heteroatoms. The number of allylic oxidation sites excluding steroid dienone is 2. The van der Waals surface area contributed by atoms with Crippen LogP contribution in [0.1, 0.15) is 85.0 Å². The van der Waals surface area contributed by atoms with Crippen LogP contribution in [0, 0.1) is 0 Å². The van der Waals surface area contributed by atoms with Gasteiger partial charge < -0.3 is 5.32 Å². The fourth-order valence-corrected chi connectivity index (χ4v) is 3.89. The quantitative estimate of drug-likeness (QED) is 0.252. The lowest BCUT2D eigenvalue weighted by Gasteiger charge is -2.38. The highest BCUT2D eigenvalue weighted by atomic mass is 16.1. The maximum absolute atomic E-state index is 11.1. The van der Waals surface area contributed by atoms with Gasteiger partial charge in [-0.2, -0.15) is 0 Å². The second kappa shape index (κ2) is 14.0. The Morgan fingerprint density at radius 1 is 1.12 bits per heavy atom. The first-order valence-corrected chi connectivity index (χ1v) is 10.9. The van der Waals surface area contributed by atoms with Gasteiger partial charge in [0.05, 0.1) is 25.8 Å². The minimum atomic E-state index is 0.0669. The van der Waals surface area contributed by atoms with Crippen molar-refractivity contribution in [3.8, 4) is 0 Å². The fraction of sp³-hybridized carbons (Fsp3) is 0.818. The van der Waals surface area contributed by atoms with Crippen molar-refractivity contribution in [3.63, 3.8) is 0 Å². The van der Waals surface area contributed by atoms with Crippen molar-refractivity contribution in [1.29, 1.82) is 0 Å². The van der Waals surface area contributed by atoms with E-state index in [1.54, 1.807) is 6.92 Å². The molecule has 1 N–H and O–H groups in total. The SMILES string of the molecule is CC/C=C/CCCCCCCCCC1N=CC[N+]1(CC)CCNC(C)=O. The Morgan fingerprint density at radius 2 is 1.81 bits per heavy atom. The Bertz CT molecular complexity index is 433. The number of carbonyl (C=O) groups excluding carboxylic acids is 1. The van der Waals surface area contributed by atoms with E-state index in [1.165, 1.54) is 57.8 Å². The molecule has 2 unspecified atom stereocenters. The van der Waals surface area contributed by atoms with Gasteiger partial charge in [-0.05, 0) is 32.6 Å². The topological polar surface area (TPSA) is 41.5 Å². The van der Waals surface area contributed by atoms with E-state index in [1.807, 2.05) is 0 Å². The van der Waals surface area contributed by atoms with E-state index >= 15 is 0 Å². The summed E-state index contributed by atoms with van der Waals surface area (Å²) >= 11 is 0. The number of unbranched alkanes of at least 4 members (excludes halogenated alkanes) is 7. The van der Waals surface area contributed by atoms with Crippen molar-refractivity contribution < 1.29 is 9.28 Å². The van der Waals surface area contributed by atoms with Crippen LogP contribution in [-0.4, -0.2) is 48.9 Å².